The third-order valence-corrected chi connectivity index (χ3v) is 4.27. The Morgan fingerprint density at radius 2 is 2.14 bits per heavy atom. The van der Waals surface area contributed by atoms with Gasteiger partial charge in [-0.2, -0.15) is 4.98 Å². The molecule has 2 unspecified atom stereocenters. The molecule has 1 aliphatic rings. The van der Waals surface area contributed by atoms with E-state index in [2.05, 4.69) is 50.1 Å². The fourth-order valence-electron chi connectivity index (χ4n) is 2.60. The minimum atomic E-state index is -0.107. The first-order valence-electron chi connectivity index (χ1n) is 8.15. The summed E-state index contributed by atoms with van der Waals surface area (Å²) in [5, 5.41) is 7.40. The Kier molecular flexibility index (Phi) is 5.21. The van der Waals surface area contributed by atoms with Gasteiger partial charge in [0.2, 0.25) is 11.8 Å². The van der Waals surface area contributed by atoms with Gasteiger partial charge >= 0.3 is 0 Å². The number of amides is 1. The molecule has 0 spiro atoms. The van der Waals surface area contributed by atoms with Crippen LogP contribution in [0, 0.1) is 0 Å². The lowest BCUT2D eigenvalue weighted by Gasteiger charge is -2.38. The lowest BCUT2D eigenvalue weighted by Crippen LogP contribution is -2.57. The van der Waals surface area contributed by atoms with Crippen molar-refractivity contribution in [3.8, 4) is 0 Å². The summed E-state index contributed by atoms with van der Waals surface area (Å²) >= 11 is 0. The molecule has 2 heterocycles. The zero-order chi connectivity index (χ0) is 16.3. The third-order valence-electron chi connectivity index (χ3n) is 4.27. The molecule has 1 N–H and O–H groups in total. The van der Waals surface area contributed by atoms with E-state index in [1.807, 2.05) is 4.90 Å². The Bertz CT molecular complexity index is 506. The maximum atomic E-state index is 12.3. The Morgan fingerprint density at radius 1 is 1.41 bits per heavy atom. The van der Waals surface area contributed by atoms with Crippen molar-refractivity contribution in [3.05, 3.63) is 11.7 Å². The number of carbonyl (C=O) groups is 1. The molecule has 6 nitrogen and oxygen atoms in total. The molecule has 0 bridgehead atoms. The molecule has 1 fully saturated rings. The predicted octanol–water partition coefficient (Wildman–Crippen LogP) is 1.90. The average Bonchev–Trinajstić information content (AvgIpc) is 2.90. The van der Waals surface area contributed by atoms with Gasteiger partial charge in [-0.3, -0.25) is 4.79 Å². The van der Waals surface area contributed by atoms with Gasteiger partial charge in [0.15, 0.2) is 5.82 Å². The molecule has 0 radical (unpaired) electrons. The molecule has 0 aliphatic carbocycles. The van der Waals surface area contributed by atoms with Crippen LogP contribution >= 0.6 is 0 Å². The first kappa shape index (κ1) is 16.9. The van der Waals surface area contributed by atoms with Gasteiger partial charge in [-0.15, -0.1) is 0 Å². The maximum absolute atomic E-state index is 12.3. The number of piperazine rings is 1. The largest absolute Gasteiger partial charge is 0.339 e. The number of aryl methyl sites for hydroxylation is 1. The van der Waals surface area contributed by atoms with Gasteiger partial charge < -0.3 is 14.7 Å². The highest BCUT2D eigenvalue weighted by atomic mass is 16.5. The van der Waals surface area contributed by atoms with E-state index in [9.17, 15) is 4.79 Å². The van der Waals surface area contributed by atoms with E-state index in [1.165, 1.54) is 0 Å². The maximum Gasteiger partial charge on any atom is 0.226 e. The van der Waals surface area contributed by atoms with E-state index in [1.54, 1.807) is 0 Å². The lowest BCUT2D eigenvalue weighted by atomic mass is 9.96. The summed E-state index contributed by atoms with van der Waals surface area (Å²) in [5.41, 5.74) is -0.107. The van der Waals surface area contributed by atoms with E-state index < -0.39 is 0 Å². The molecular formula is C16H28N4O2. The average molecular weight is 308 g/mol. The fraction of sp³-hybridized carbons (Fsp3) is 0.812. The second-order valence-electron chi connectivity index (χ2n) is 7.19. The van der Waals surface area contributed by atoms with Gasteiger partial charge in [0.25, 0.3) is 0 Å². The van der Waals surface area contributed by atoms with Crippen molar-refractivity contribution in [2.75, 3.05) is 13.1 Å². The molecule has 1 aromatic rings. The normalized spacial score (nSPS) is 22.9. The van der Waals surface area contributed by atoms with Crippen LogP contribution in [0.4, 0.5) is 0 Å². The Hall–Kier alpha value is -1.43. The van der Waals surface area contributed by atoms with Gasteiger partial charge in [-0.1, -0.05) is 25.9 Å². The third kappa shape index (κ3) is 4.06. The zero-order valence-electron chi connectivity index (χ0n) is 14.3. The highest BCUT2D eigenvalue weighted by molar-refractivity contribution is 5.76. The minimum absolute atomic E-state index is 0.107. The number of nitrogens with zero attached hydrogens (tertiary/aromatic N) is 3. The molecule has 0 aromatic carbocycles. The van der Waals surface area contributed by atoms with E-state index >= 15 is 0 Å². The van der Waals surface area contributed by atoms with Crippen LogP contribution < -0.4 is 5.32 Å². The monoisotopic (exact) mass is 308 g/mol. The van der Waals surface area contributed by atoms with Gasteiger partial charge in [0.1, 0.15) is 0 Å². The highest BCUT2D eigenvalue weighted by Crippen LogP contribution is 2.19. The number of rotatable bonds is 4. The molecule has 2 rings (SSSR count). The predicted molar refractivity (Wildman–Crippen MR) is 84.6 cm³/mol. The Balaban J connectivity index is 1.81. The molecular weight excluding hydrogens is 280 g/mol. The van der Waals surface area contributed by atoms with Gasteiger partial charge in [-0.25, -0.2) is 0 Å². The SMILES string of the molecule is CC1NCCN(C(=O)CCCc2nc(C(C)(C)C)no2)C1C. The summed E-state index contributed by atoms with van der Waals surface area (Å²) in [6.07, 6.45) is 1.94. The summed E-state index contributed by atoms with van der Waals surface area (Å²) in [5.74, 6) is 1.56. The highest BCUT2D eigenvalue weighted by Gasteiger charge is 2.27. The van der Waals surface area contributed by atoms with Gasteiger partial charge in [-0.05, 0) is 20.3 Å². The van der Waals surface area contributed by atoms with Crippen molar-refractivity contribution in [2.24, 2.45) is 0 Å². The minimum Gasteiger partial charge on any atom is -0.339 e. The lowest BCUT2D eigenvalue weighted by molar-refractivity contribution is -0.134. The first-order valence-corrected chi connectivity index (χ1v) is 8.15. The van der Waals surface area contributed by atoms with Crippen LogP contribution in [0.2, 0.25) is 0 Å². The molecule has 124 valence electrons. The van der Waals surface area contributed by atoms with Crippen LogP contribution in [-0.4, -0.2) is 46.1 Å². The van der Waals surface area contributed by atoms with Crippen LogP contribution in [0.5, 0.6) is 0 Å². The summed E-state index contributed by atoms with van der Waals surface area (Å²) in [4.78, 5) is 18.7. The number of nitrogens with one attached hydrogen (secondary N) is 1. The van der Waals surface area contributed by atoms with Crippen molar-refractivity contribution in [3.63, 3.8) is 0 Å². The fourth-order valence-corrected chi connectivity index (χ4v) is 2.60. The molecule has 6 heteroatoms. The number of aromatic nitrogens is 2. The van der Waals surface area contributed by atoms with Crippen molar-refractivity contribution in [1.82, 2.24) is 20.4 Å². The summed E-state index contributed by atoms with van der Waals surface area (Å²) in [6.45, 7) is 12.0. The van der Waals surface area contributed by atoms with Crippen LogP contribution in [-0.2, 0) is 16.6 Å². The zero-order valence-corrected chi connectivity index (χ0v) is 14.3. The second-order valence-corrected chi connectivity index (χ2v) is 7.19. The molecule has 1 aromatic heterocycles. The first-order chi connectivity index (χ1) is 10.3. The summed E-state index contributed by atoms with van der Waals surface area (Å²) < 4.78 is 5.26. The smallest absolute Gasteiger partial charge is 0.226 e. The van der Waals surface area contributed by atoms with Crippen molar-refractivity contribution < 1.29 is 9.32 Å². The number of carbonyl (C=O) groups excluding carboxylic acids is 1. The Labute approximate surface area is 132 Å². The summed E-state index contributed by atoms with van der Waals surface area (Å²) in [7, 11) is 0. The van der Waals surface area contributed by atoms with Crippen molar-refractivity contribution in [1.29, 1.82) is 0 Å². The van der Waals surface area contributed by atoms with Crippen LogP contribution in [0.1, 0.15) is 59.2 Å². The van der Waals surface area contributed by atoms with Gasteiger partial charge in [0, 0.05) is 43.4 Å². The molecule has 1 amide bonds. The van der Waals surface area contributed by atoms with Crippen LogP contribution in [0.25, 0.3) is 0 Å². The standard InChI is InChI=1S/C16H28N4O2/c1-11-12(2)20(10-9-17-11)14(21)8-6-7-13-18-15(19-22-13)16(3,4)5/h11-12,17H,6-10H2,1-5H3. The van der Waals surface area contributed by atoms with E-state index in [0.29, 0.717) is 24.8 Å². The van der Waals surface area contributed by atoms with Crippen LogP contribution in [0.15, 0.2) is 4.52 Å². The summed E-state index contributed by atoms with van der Waals surface area (Å²) in [6, 6.07) is 0.597. The van der Waals surface area contributed by atoms with E-state index in [4.69, 9.17) is 4.52 Å². The molecule has 1 saturated heterocycles. The van der Waals surface area contributed by atoms with E-state index in [-0.39, 0.29) is 17.4 Å². The van der Waals surface area contributed by atoms with Crippen molar-refractivity contribution in [2.45, 2.75) is 71.4 Å². The van der Waals surface area contributed by atoms with Crippen molar-refractivity contribution >= 4 is 5.91 Å². The second kappa shape index (κ2) is 6.77. The number of hydrogen-bond donors (Lipinski definition) is 1. The molecule has 2 atom stereocenters. The van der Waals surface area contributed by atoms with Crippen LogP contribution in [0.3, 0.4) is 0 Å². The molecule has 0 saturated carbocycles. The van der Waals surface area contributed by atoms with Gasteiger partial charge in [0.05, 0.1) is 0 Å². The van der Waals surface area contributed by atoms with E-state index in [0.717, 1.165) is 25.3 Å². The quantitative estimate of drug-likeness (QED) is 0.920. The topological polar surface area (TPSA) is 71.3 Å². The molecule has 1 aliphatic heterocycles. The Morgan fingerprint density at radius 3 is 2.77 bits per heavy atom. The molecule has 22 heavy (non-hydrogen) atoms. The number of hydrogen-bond acceptors (Lipinski definition) is 5.